The number of aromatic nitrogens is 2. The number of fused-ring (bicyclic) bond motifs is 1. The van der Waals surface area contributed by atoms with E-state index in [2.05, 4.69) is 0 Å². The molecule has 0 saturated carbocycles. The fourth-order valence-electron chi connectivity index (χ4n) is 3.11. The van der Waals surface area contributed by atoms with Crippen LogP contribution >= 0.6 is 8.17 Å². The molecule has 0 bridgehead atoms. The number of halogens is 3. The van der Waals surface area contributed by atoms with Crippen LogP contribution in [0, 0.1) is 17.5 Å². The zero-order valence-electron chi connectivity index (χ0n) is 14.6. The van der Waals surface area contributed by atoms with Crippen molar-refractivity contribution in [1.82, 2.24) is 9.55 Å². The first-order valence-electron chi connectivity index (χ1n) is 8.52. The van der Waals surface area contributed by atoms with Crippen molar-refractivity contribution < 1.29 is 36.4 Å². The second-order valence-electron chi connectivity index (χ2n) is 6.54. The van der Waals surface area contributed by atoms with Gasteiger partial charge in [0.1, 0.15) is 0 Å². The molecule has 158 valence electrons. The van der Waals surface area contributed by atoms with Crippen LogP contribution in [0.2, 0.25) is 0 Å². The Morgan fingerprint density at radius 3 is 2.76 bits per heavy atom. The summed E-state index contributed by atoms with van der Waals surface area (Å²) in [5.41, 5.74) is -1.74. The fourth-order valence-corrected chi connectivity index (χ4v) is 4.69. The van der Waals surface area contributed by atoms with Gasteiger partial charge in [-0.1, -0.05) is 0 Å². The molecule has 4 rings (SSSR count). The van der Waals surface area contributed by atoms with Gasteiger partial charge in [0, 0.05) is 0 Å². The molecular formula is C16H16F3N2O7P. The van der Waals surface area contributed by atoms with Crippen LogP contribution in [0.3, 0.4) is 0 Å². The van der Waals surface area contributed by atoms with Crippen LogP contribution in [0.1, 0.15) is 18.2 Å². The van der Waals surface area contributed by atoms with Gasteiger partial charge < -0.3 is 0 Å². The maximum atomic E-state index is 13.5. The Kier molecular flexibility index (Phi) is 5.32. The van der Waals surface area contributed by atoms with Crippen molar-refractivity contribution in [2.45, 2.75) is 31.5 Å². The van der Waals surface area contributed by atoms with Gasteiger partial charge in [-0.25, -0.2) is 0 Å². The Morgan fingerprint density at radius 1 is 1.21 bits per heavy atom. The summed E-state index contributed by atoms with van der Waals surface area (Å²) < 4.78 is 62.3. The van der Waals surface area contributed by atoms with Crippen LogP contribution in [0.4, 0.5) is 13.2 Å². The van der Waals surface area contributed by atoms with Gasteiger partial charge in [0.15, 0.2) is 0 Å². The molecule has 0 unspecified atom stereocenters. The van der Waals surface area contributed by atoms with Gasteiger partial charge in [-0.3, -0.25) is 0 Å². The van der Waals surface area contributed by atoms with E-state index in [1.165, 1.54) is 6.07 Å². The number of rotatable bonds is 4. The number of benzene rings is 1. The van der Waals surface area contributed by atoms with Gasteiger partial charge in [-0.2, -0.15) is 0 Å². The van der Waals surface area contributed by atoms with Crippen molar-refractivity contribution in [3.05, 3.63) is 68.2 Å². The molecule has 2 aliphatic heterocycles. The summed E-state index contributed by atoms with van der Waals surface area (Å²) in [6.45, 7) is -0.408. The van der Waals surface area contributed by atoms with Crippen molar-refractivity contribution >= 4 is 8.17 Å². The summed E-state index contributed by atoms with van der Waals surface area (Å²) >= 11 is 0. The first kappa shape index (κ1) is 20.2. The fraction of sp³-hybridized carbons (Fsp3) is 0.375. The van der Waals surface area contributed by atoms with Crippen molar-refractivity contribution in [1.29, 1.82) is 0 Å². The predicted molar refractivity (Wildman–Crippen MR) is 92.3 cm³/mol. The number of nitrogens with zero attached hydrogens (tertiary/aromatic N) is 1. The summed E-state index contributed by atoms with van der Waals surface area (Å²) in [5.74, 6) is -3.22. The predicted octanol–water partition coefficient (Wildman–Crippen LogP) is 1.28. The number of hydrogen-bond donors (Lipinski definition) is 2. The minimum absolute atomic E-state index is 0.0588. The van der Waals surface area contributed by atoms with Crippen LogP contribution in [-0.2, 0) is 24.9 Å². The van der Waals surface area contributed by atoms with E-state index >= 15 is 0 Å². The van der Waals surface area contributed by atoms with Gasteiger partial charge in [0.25, 0.3) is 0 Å². The molecule has 1 aromatic carbocycles. The molecule has 2 saturated heterocycles. The molecule has 1 aromatic heterocycles. The van der Waals surface area contributed by atoms with Crippen LogP contribution in [-0.4, -0.2) is 33.3 Å². The molecule has 0 spiro atoms. The number of aromatic amines is 1. The van der Waals surface area contributed by atoms with E-state index in [9.17, 15) is 27.7 Å². The summed E-state index contributed by atoms with van der Waals surface area (Å²) in [6.07, 6.45) is -1.55. The van der Waals surface area contributed by atoms with E-state index in [1.54, 1.807) is 0 Å². The van der Waals surface area contributed by atoms with Crippen LogP contribution < -0.4 is 11.2 Å². The van der Waals surface area contributed by atoms with Crippen molar-refractivity contribution in [3.63, 3.8) is 0 Å². The molecule has 2 aromatic rings. The monoisotopic (exact) mass is 436 g/mol. The van der Waals surface area contributed by atoms with Crippen LogP contribution in [0.25, 0.3) is 0 Å². The number of nitrogens with one attached hydrogen (secondary N) is 1. The Hall–Kier alpha value is -2.08. The second-order valence-corrected chi connectivity index (χ2v) is 8.40. The molecule has 0 radical (unpaired) electrons. The normalized spacial score (nSPS) is 26.8. The average Bonchev–Trinajstić information content (AvgIpc) is 3.08. The summed E-state index contributed by atoms with van der Waals surface area (Å²) in [7, 11) is -4.12. The Morgan fingerprint density at radius 2 is 2.00 bits per heavy atom. The molecule has 3 heterocycles. The molecular weight excluding hydrogens is 420 g/mol. The molecule has 0 amide bonds. The third-order valence-electron chi connectivity index (χ3n) is 4.55. The second kappa shape index (κ2) is 7.63. The van der Waals surface area contributed by atoms with Crippen molar-refractivity contribution in [3.8, 4) is 0 Å². The topological polar surface area (TPSA) is 112 Å². The molecule has 2 N–H and O–H groups in total. The molecule has 29 heavy (non-hydrogen) atoms. The number of ether oxygens (including phenoxy) is 1. The summed E-state index contributed by atoms with van der Waals surface area (Å²) in [4.78, 5) is 35.3. The maximum absolute atomic E-state index is 13.5. The van der Waals surface area contributed by atoms with E-state index in [-0.39, 0.29) is 25.2 Å². The molecule has 13 heteroatoms. The third kappa shape index (κ3) is 4.13. The zero-order valence-corrected chi connectivity index (χ0v) is 15.6. The van der Waals surface area contributed by atoms with Crippen LogP contribution in [0.5, 0.6) is 0 Å². The zero-order chi connectivity index (χ0) is 20.8. The molecule has 2 fully saturated rings. The Bertz CT molecular complexity index is 1050. The third-order valence-corrected chi connectivity index (χ3v) is 6.19. The van der Waals surface area contributed by atoms with E-state index in [0.717, 1.165) is 22.9 Å². The van der Waals surface area contributed by atoms with Crippen molar-refractivity contribution in [2.24, 2.45) is 0 Å². The minimum atomic E-state index is -4.12. The first-order valence-corrected chi connectivity index (χ1v) is 10.2. The van der Waals surface area contributed by atoms with E-state index in [0.29, 0.717) is 0 Å². The van der Waals surface area contributed by atoms with Gasteiger partial charge in [-0.05, 0) is 0 Å². The van der Waals surface area contributed by atoms with Crippen LogP contribution in [0.15, 0.2) is 34.0 Å². The molecule has 2 aliphatic rings. The van der Waals surface area contributed by atoms with Crippen molar-refractivity contribution in [2.75, 3.05) is 6.61 Å². The SMILES string of the molecule is O=c1[nH]c(=O)n([C@H]2C[C@@H]3O[PH](O)(OCc4ccc(F)c(F)c4)OC[C@H]3O2)cc1F. The van der Waals surface area contributed by atoms with E-state index in [4.69, 9.17) is 18.3 Å². The summed E-state index contributed by atoms with van der Waals surface area (Å²) in [6, 6.07) is 3.13. The Balaban J connectivity index is 1.43. The van der Waals surface area contributed by atoms with E-state index in [1.807, 2.05) is 4.98 Å². The first-order chi connectivity index (χ1) is 13.7. The van der Waals surface area contributed by atoms with Gasteiger partial charge in [-0.15, -0.1) is 0 Å². The molecule has 0 aliphatic carbocycles. The number of hydrogen-bond acceptors (Lipinski definition) is 7. The Labute approximate surface area is 161 Å². The average molecular weight is 436 g/mol. The number of H-pyrrole nitrogens is 1. The van der Waals surface area contributed by atoms with E-state index < -0.39 is 55.3 Å². The van der Waals surface area contributed by atoms with Gasteiger partial charge >= 0.3 is 160 Å². The quantitative estimate of drug-likeness (QED) is 0.695. The summed E-state index contributed by atoms with van der Waals surface area (Å²) in [5, 5.41) is 0. The molecule has 3 atom stereocenters. The van der Waals surface area contributed by atoms with Gasteiger partial charge in [0.05, 0.1) is 0 Å². The molecule has 9 nitrogen and oxygen atoms in total. The van der Waals surface area contributed by atoms with Gasteiger partial charge in [0.2, 0.25) is 0 Å². The standard InChI is InChI=1S/C16H16F3N2O7P/c17-9-2-1-8(3-10(9)18)6-25-29(24)26-7-13-12(28-29)4-14(27-13)21-5-11(19)15(22)20-16(21)23/h1-3,5,12-14,24,29H,4,6-7H2,(H,20,22,23)/t12-,13+,14+/m0/s1.